The number of non-ortho nitro benzene ring substituents is 1. The first-order chi connectivity index (χ1) is 13.4. The van der Waals surface area contributed by atoms with Crippen molar-refractivity contribution in [3.63, 3.8) is 0 Å². The van der Waals surface area contributed by atoms with Crippen molar-refractivity contribution in [2.45, 2.75) is 13.3 Å². The van der Waals surface area contributed by atoms with E-state index in [1.807, 2.05) is 0 Å². The third-order valence-electron chi connectivity index (χ3n) is 3.70. The van der Waals surface area contributed by atoms with Gasteiger partial charge in [-0.3, -0.25) is 14.9 Å². The van der Waals surface area contributed by atoms with Crippen LogP contribution in [0.3, 0.4) is 0 Å². The second-order valence-electron chi connectivity index (χ2n) is 5.66. The first-order valence-electron chi connectivity index (χ1n) is 8.15. The summed E-state index contributed by atoms with van der Waals surface area (Å²) in [5, 5.41) is 10.8. The first-order valence-corrected chi connectivity index (χ1v) is 8.53. The number of ether oxygens (including phenoxy) is 2. The average molecular weight is 401 g/mol. The summed E-state index contributed by atoms with van der Waals surface area (Å²) in [5.74, 6) is -0.779. The second kappa shape index (κ2) is 8.01. The van der Waals surface area contributed by atoms with Crippen molar-refractivity contribution in [3.05, 3.63) is 74.4 Å². The largest absolute Gasteiger partial charge is 0.427 e. The maximum Gasteiger partial charge on any atom is 0.363 e. The summed E-state index contributed by atoms with van der Waals surface area (Å²) < 4.78 is 10.3. The summed E-state index contributed by atoms with van der Waals surface area (Å²) in [5.41, 5.74) is 0.666. The van der Waals surface area contributed by atoms with E-state index in [-0.39, 0.29) is 40.3 Å². The number of nitro groups is 1. The zero-order chi connectivity index (χ0) is 20.3. The molecule has 1 heterocycles. The van der Waals surface area contributed by atoms with Crippen LogP contribution in [0.25, 0.3) is 6.08 Å². The molecule has 0 aromatic heterocycles. The van der Waals surface area contributed by atoms with Gasteiger partial charge in [0, 0.05) is 18.6 Å². The lowest BCUT2D eigenvalue weighted by Gasteiger charge is -2.03. The summed E-state index contributed by atoms with van der Waals surface area (Å²) in [6, 6.07) is 10.3. The molecule has 0 radical (unpaired) electrons. The number of cyclic esters (lactones) is 1. The van der Waals surface area contributed by atoms with Gasteiger partial charge in [0.2, 0.25) is 5.90 Å². The molecule has 2 aromatic carbocycles. The van der Waals surface area contributed by atoms with Gasteiger partial charge in [-0.05, 0) is 29.8 Å². The van der Waals surface area contributed by atoms with Crippen molar-refractivity contribution in [1.29, 1.82) is 0 Å². The Morgan fingerprint density at radius 3 is 2.79 bits per heavy atom. The summed E-state index contributed by atoms with van der Waals surface area (Å²) in [6.07, 6.45) is 1.71. The van der Waals surface area contributed by atoms with Crippen LogP contribution in [0.1, 0.15) is 24.5 Å². The van der Waals surface area contributed by atoms with Gasteiger partial charge < -0.3 is 9.47 Å². The molecule has 0 atom stereocenters. The highest BCUT2D eigenvalue weighted by molar-refractivity contribution is 6.34. The number of halogens is 1. The number of nitrogens with zero attached hydrogens (tertiary/aromatic N) is 2. The van der Waals surface area contributed by atoms with E-state index >= 15 is 0 Å². The van der Waals surface area contributed by atoms with E-state index in [2.05, 4.69) is 4.99 Å². The Morgan fingerprint density at radius 2 is 2.11 bits per heavy atom. The van der Waals surface area contributed by atoms with E-state index in [4.69, 9.17) is 21.1 Å². The topological polar surface area (TPSA) is 108 Å². The third-order valence-corrected chi connectivity index (χ3v) is 4.01. The molecule has 1 aliphatic heterocycles. The highest BCUT2D eigenvalue weighted by Gasteiger charge is 2.26. The molecule has 0 amide bonds. The molecule has 0 unspecified atom stereocenters. The fourth-order valence-corrected chi connectivity index (χ4v) is 2.60. The Morgan fingerprint density at radius 1 is 1.32 bits per heavy atom. The van der Waals surface area contributed by atoms with Crippen LogP contribution in [0.5, 0.6) is 5.75 Å². The normalized spacial score (nSPS) is 14.6. The maximum absolute atomic E-state index is 12.1. The molecular weight excluding hydrogens is 388 g/mol. The van der Waals surface area contributed by atoms with Crippen molar-refractivity contribution in [1.82, 2.24) is 0 Å². The average Bonchev–Trinajstić information content (AvgIpc) is 3.01. The van der Waals surface area contributed by atoms with Gasteiger partial charge in [0.15, 0.2) is 5.70 Å². The molecule has 3 rings (SSSR count). The van der Waals surface area contributed by atoms with E-state index in [1.165, 1.54) is 18.2 Å². The van der Waals surface area contributed by atoms with Crippen LogP contribution >= 0.6 is 11.6 Å². The summed E-state index contributed by atoms with van der Waals surface area (Å²) in [6.45, 7) is 1.68. The minimum Gasteiger partial charge on any atom is -0.427 e. The lowest BCUT2D eigenvalue weighted by Crippen LogP contribution is -2.06. The number of nitro benzene ring substituents is 1. The van der Waals surface area contributed by atoms with E-state index < -0.39 is 10.9 Å². The monoisotopic (exact) mass is 400 g/mol. The van der Waals surface area contributed by atoms with E-state index in [0.29, 0.717) is 11.3 Å². The van der Waals surface area contributed by atoms with E-state index in [9.17, 15) is 19.7 Å². The van der Waals surface area contributed by atoms with E-state index in [1.54, 1.807) is 31.2 Å². The van der Waals surface area contributed by atoms with Gasteiger partial charge in [-0.2, -0.15) is 0 Å². The van der Waals surface area contributed by atoms with Crippen LogP contribution in [-0.4, -0.2) is 22.8 Å². The first kappa shape index (κ1) is 19.2. The van der Waals surface area contributed by atoms with Crippen LogP contribution in [0, 0.1) is 10.1 Å². The predicted octanol–water partition coefficient (Wildman–Crippen LogP) is 3.91. The Labute approximate surface area is 164 Å². The molecule has 0 saturated carbocycles. The number of aliphatic imine (C=N–C) groups is 1. The molecule has 0 N–H and O–H groups in total. The molecule has 142 valence electrons. The number of hydrogen-bond donors (Lipinski definition) is 0. The lowest BCUT2D eigenvalue weighted by molar-refractivity contribution is -0.384. The van der Waals surface area contributed by atoms with Gasteiger partial charge in [0.05, 0.1) is 15.5 Å². The Balaban J connectivity index is 1.89. The number of rotatable bonds is 5. The summed E-state index contributed by atoms with van der Waals surface area (Å²) in [7, 11) is 0. The van der Waals surface area contributed by atoms with Gasteiger partial charge >= 0.3 is 11.9 Å². The lowest BCUT2D eigenvalue weighted by atomic mass is 10.2. The van der Waals surface area contributed by atoms with Crippen LogP contribution in [0.15, 0.2) is 53.2 Å². The zero-order valence-corrected chi connectivity index (χ0v) is 15.3. The molecular formula is C19H13ClN2O6. The van der Waals surface area contributed by atoms with Gasteiger partial charge in [0.1, 0.15) is 5.75 Å². The predicted molar refractivity (Wildman–Crippen MR) is 101 cm³/mol. The third kappa shape index (κ3) is 4.24. The van der Waals surface area contributed by atoms with Gasteiger partial charge in [-0.1, -0.05) is 30.7 Å². The highest BCUT2D eigenvalue weighted by Crippen LogP contribution is 2.27. The van der Waals surface area contributed by atoms with E-state index in [0.717, 1.165) is 6.07 Å². The summed E-state index contributed by atoms with van der Waals surface area (Å²) >= 11 is 6.05. The molecule has 1 aliphatic rings. The fraction of sp³-hybridized carbons (Fsp3) is 0.105. The van der Waals surface area contributed by atoms with Crippen molar-refractivity contribution in [3.8, 4) is 5.75 Å². The molecule has 9 heteroatoms. The van der Waals surface area contributed by atoms with Crippen molar-refractivity contribution < 1.29 is 24.0 Å². The van der Waals surface area contributed by atoms with Gasteiger partial charge in [-0.15, -0.1) is 0 Å². The van der Waals surface area contributed by atoms with Crippen molar-refractivity contribution in [2.75, 3.05) is 0 Å². The molecule has 0 saturated heterocycles. The SMILES string of the molecule is CCC(=O)Oc1cccc(/C=C2\N=C(c3ccc([N+](=O)[O-])cc3Cl)OC2=O)c1. The minimum absolute atomic E-state index is 0.0170. The number of esters is 2. The summed E-state index contributed by atoms with van der Waals surface area (Å²) in [4.78, 5) is 37.9. The molecule has 2 aromatic rings. The number of benzene rings is 2. The quantitative estimate of drug-likeness (QED) is 0.247. The molecule has 0 bridgehead atoms. The highest BCUT2D eigenvalue weighted by atomic mass is 35.5. The van der Waals surface area contributed by atoms with Crippen LogP contribution in [0.2, 0.25) is 5.02 Å². The maximum atomic E-state index is 12.1. The van der Waals surface area contributed by atoms with Gasteiger partial charge in [-0.25, -0.2) is 9.79 Å². The molecule has 0 spiro atoms. The van der Waals surface area contributed by atoms with Gasteiger partial charge in [0.25, 0.3) is 5.69 Å². The zero-order valence-electron chi connectivity index (χ0n) is 14.5. The molecule has 8 nitrogen and oxygen atoms in total. The van der Waals surface area contributed by atoms with Crippen molar-refractivity contribution in [2.24, 2.45) is 4.99 Å². The molecule has 28 heavy (non-hydrogen) atoms. The number of carbonyl (C=O) groups excluding carboxylic acids is 2. The fourth-order valence-electron chi connectivity index (χ4n) is 2.34. The van der Waals surface area contributed by atoms with Crippen molar-refractivity contribution >= 4 is 41.2 Å². The Bertz CT molecular complexity index is 1040. The van der Waals surface area contributed by atoms with Crippen LogP contribution in [0.4, 0.5) is 5.69 Å². The van der Waals surface area contributed by atoms with Crippen LogP contribution in [-0.2, 0) is 14.3 Å². The number of carbonyl (C=O) groups is 2. The Kier molecular flexibility index (Phi) is 5.51. The van der Waals surface area contributed by atoms with Crippen LogP contribution < -0.4 is 4.74 Å². The second-order valence-corrected chi connectivity index (χ2v) is 6.06. The number of hydrogen-bond acceptors (Lipinski definition) is 7. The smallest absolute Gasteiger partial charge is 0.363 e. The standard InChI is InChI=1S/C19H13ClN2O6/c1-2-17(23)27-13-5-3-4-11(8-13)9-16-19(24)28-18(21-16)14-7-6-12(22(25)26)10-15(14)20/h3-10H,2H2,1H3/b16-9-. The minimum atomic E-state index is -0.694. The molecule has 0 fully saturated rings. The molecule has 0 aliphatic carbocycles. The Hall–Kier alpha value is -3.52.